The van der Waals surface area contributed by atoms with Crippen LogP contribution in [0.3, 0.4) is 0 Å². The van der Waals surface area contributed by atoms with E-state index in [9.17, 15) is 9.59 Å². The van der Waals surface area contributed by atoms with Crippen molar-refractivity contribution in [1.29, 1.82) is 0 Å². The van der Waals surface area contributed by atoms with E-state index in [0.29, 0.717) is 17.0 Å². The van der Waals surface area contributed by atoms with E-state index in [4.69, 9.17) is 4.74 Å². The lowest BCUT2D eigenvalue weighted by Crippen LogP contribution is -2.47. The number of benzene rings is 2. The number of hydrogen-bond acceptors (Lipinski definition) is 3. The maximum Gasteiger partial charge on any atom is 0.251 e. The topological polar surface area (TPSA) is 67.4 Å². The Morgan fingerprint density at radius 2 is 1.72 bits per heavy atom. The van der Waals surface area contributed by atoms with Crippen LogP contribution in [-0.2, 0) is 4.79 Å². The molecule has 25 heavy (non-hydrogen) atoms. The van der Waals surface area contributed by atoms with Crippen molar-refractivity contribution in [2.24, 2.45) is 5.92 Å². The molecule has 0 aliphatic rings. The molecular weight excluding hydrogens is 316 g/mol. The molecule has 2 aromatic carbocycles. The molecular formula is C20H24N2O3. The van der Waals surface area contributed by atoms with Gasteiger partial charge in [-0.05, 0) is 54.8 Å². The highest BCUT2D eigenvalue weighted by Crippen LogP contribution is 2.14. The molecule has 2 rings (SSSR count). The van der Waals surface area contributed by atoms with Crippen LogP contribution in [0.4, 0.5) is 5.69 Å². The van der Waals surface area contributed by atoms with Crippen molar-refractivity contribution in [2.75, 3.05) is 12.4 Å². The van der Waals surface area contributed by atoms with Crippen molar-refractivity contribution in [3.63, 3.8) is 0 Å². The third-order valence-electron chi connectivity index (χ3n) is 3.87. The number of amides is 2. The summed E-state index contributed by atoms with van der Waals surface area (Å²) in [6.07, 6.45) is 0. The first-order valence-corrected chi connectivity index (χ1v) is 8.23. The first-order chi connectivity index (χ1) is 11.9. The van der Waals surface area contributed by atoms with Crippen LogP contribution in [0.1, 0.15) is 29.8 Å². The van der Waals surface area contributed by atoms with Crippen LogP contribution in [0.15, 0.2) is 48.5 Å². The van der Waals surface area contributed by atoms with Crippen LogP contribution < -0.4 is 15.4 Å². The predicted octanol–water partition coefficient (Wildman–Crippen LogP) is 3.40. The third kappa shape index (κ3) is 5.08. The molecule has 5 nitrogen and oxygen atoms in total. The summed E-state index contributed by atoms with van der Waals surface area (Å²) in [6, 6.07) is 13.7. The van der Waals surface area contributed by atoms with E-state index in [1.807, 2.05) is 45.0 Å². The van der Waals surface area contributed by atoms with E-state index in [0.717, 1.165) is 5.56 Å². The van der Waals surface area contributed by atoms with E-state index in [-0.39, 0.29) is 17.7 Å². The molecule has 0 spiro atoms. The summed E-state index contributed by atoms with van der Waals surface area (Å²) in [6.45, 7) is 5.75. The molecule has 0 saturated heterocycles. The van der Waals surface area contributed by atoms with E-state index in [1.54, 1.807) is 31.4 Å². The summed E-state index contributed by atoms with van der Waals surface area (Å²) in [5.41, 5.74) is 2.25. The second-order valence-corrected chi connectivity index (χ2v) is 6.28. The summed E-state index contributed by atoms with van der Waals surface area (Å²) in [7, 11) is 1.57. The van der Waals surface area contributed by atoms with Gasteiger partial charge >= 0.3 is 0 Å². The number of nitrogens with one attached hydrogen (secondary N) is 2. The van der Waals surface area contributed by atoms with Gasteiger partial charge in [0, 0.05) is 11.3 Å². The quantitative estimate of drug-likeness (QED) is 0.847. The molecule has 0 unspecified atom stereocenters. The highest BCUT2D eigenvalue weighted by atomic mass is 16.5. The van der Waals surface area contributed by atoms with Gasteiger partial charge in [-0.25, -0.2) is 0 Å². The average molecular weight is 340 g/mol. The number of rotatable bonds is 6. The molecule has 2 N–H and O–H groups in total. The van der Waals surface area contributed by atoms with Gasteiger partial charge in [0.2, 0.25) is 5.91 Å². The molecule has 1 atom stereocenters. The number of methoxy groups -OCH3 is 1. The maximum atomic E-state index is 12.6. The fourth-order valence-electron chi connectivity index (χ4n) is 2.44. The molecule has 2 amide bonds. The normalized spacial score (nSPS) is 11.7. The Balaban J connectivity index is 2.08. The highest BCUT2D eigenvalue weighted by molar-refractivity contribution is 6.01. The van der Waals surface area contributed by atoms with Crippen molar-refractivity contribution in [3.8, 4) is 5.75 Å². The second-order valence-electron chi connectivity index (χ2n) is 6.28. The number of carbonyl (C=O) groups excluding carboxylic acids is 2. The Morgan fingerprint density at radius 1 is 1.04 bits per heavy atom. The summed E-state index contributed by atoms with van der Waals surface area (Å²) in [5, 5.41) is 5.68. The number of carbonyl (C=O) groups is 2. The first kappa shape index (κ1) is 18.5. The average Bonchev–Trinajstić information content (AvgIpc) is 2.59. The number of hydrogen-bond donors (Lipinski definition) is 2. The Hall–Kier alpha value is -2.82. The zero-order valence-corrected chi connectivity index (χ0v) is 15.0. The lowest BCUT2D eigenvalue weighted by Gasteiger charge is -2.22. The third-order valence-corrected chi connectivity index (χ3v) is 3.87. The smallest absolute Gasteiger partial charge is 0.251 e. The largest absolute Gasteiger partial charge is 0.497 e. The molecule has 5 heteroatoms. The van der Waals surface area contributed by atoms with Crippen molar-refractivity contribution >= 4 is 17.5 Å². The first-order valence-electron chi connectivity index (χ1n) is 8.23. The van der Waals surface area contributed by atoms with Crippen molar-refractivity contribution in [3.05, 3.63) is 59.7 Å². The Labute approximate surface area is 148 Å². The predicted molar refractivity (Wildman–Crippen MR) is 98.9 cm³/mol. The van der Waals surface area contributed by atoms with Gasteiger partial charge in [0.15, 0.2) is 0 Å². The van der Waals surface area contributed by atoms with Crippen molar-refractivity contribution in [1.82, 2.24) is 5.32 Å². The molecule has 0 aliphatic heterocycles. The second kappa shape index (κ2) is 8.33. The van der Waals surface area contributed by atoms with E-state index in [2.05, 4.69) is 10.6 Å². The SMILES string of the molecule is COc1ccc(C(=O)N[C@H](C(=O)Nc2cccc(C)c2)C(C)C)cc1. The van der Waals surface area contributed by atoms with Crippen molar-refractivity contribution < 1.29 is 14.3 Å². The Bertz CT molecular complexity index is 739. The summed E-state index contributed by atoms with van der Waals surface area (Å²) >= 11 is 0. The summed E-state index contributed by atoms with van der Waals surface area (Å²) in [5.74, 6) is 0.101. The number of ether oxygens (including phenoxy) is 1. The molecule has 0 saturated carbocycles. The lowest BCUT2D eigenvalue weighted by molar-refractivity contribution is -0.118. The molecule has 0 bridgehead atoms. The maximum absolute atomic E-state index is 12.6. The molecule has 0 radical (unpaired) electrons. The van der Waals surface area contributed by atoms with Gasteiger partial charge in [-0.2, -0.15) is 0 Å². The van der Waals surface area contributed by atoms with Gasteiger partial charge in [0.25, 0.3) is 5.91 Å². The van der Waals surface area contributed by atoms with E-state index in [1.165, 1.54) is 0 Å². The van der Waals surface area contributed by atoms with E-state index >= 15 is 0 Å². The zero-order valence-electron chi connectivity index (χ0n) is 15.0. The van der Waals surface area contributed by atoms with Crippen LogP contribution in [0.25, 0.3) is 0 Å². The molecule has 2 aromatic rings. The molecule has 0 heterocycles. The number of aryl methyl sites for hydroxylation is 1. The van der Waals surface area contributed by atoms with Gasteiger partial charge in [-0.15, -0.1) is 0 Å². The highest BCUT2D eigenvalue weighted by Gasteiger charge is 2.24. The minimum absolute atomic E-state index is 0.0491. The van der Waals surface area contributed by atoms with Crippen LogP contribution in [0, 0.1) is 12.8 Å². The van der Waals surface area contributed by atoms with E-state index < -0.39 is 6.04 Å². The molecule has 0 aromatic heterocycles. The Kier molecular flexibility index (Phi) is 6.17. The van der Waals surface area contributed by atoms with Crippen LogP contribution in [-0.4, -0.2) is 25.0 Å². The molecule has 0 aliphatic carbocycles. The summed E-state index contributed by atoms with van der Waals surface area (Å²) in [4.78, 5) is 25.0. The van der Waals surface area contributed by atoms with Crippen LogP contribution >= 0.6 is 0 Å². The lowest BCUT2D eigenvalue weighted by atomic mass is 10.0. The van der Waals surface area contributed by atoms with Crippen LogP contribution in [0.2, 0.25) is 0 Å². The minimum atomic E-state index is -0.630. The minimum Gasteiger partial charge on any atom is -0.497 e. The fourth-order valence-corrected chi connectivity index (χ4v) is 2.44. The van der Waals surface area contributed by atoms with Gasteiger partial charge in [-0.1, -0.05) is 26.0 Å². The van der Waals surface area contributed by atoms with Crippen molar-refractivity contribution in [2.45, 2.75) is 26.8 Å². The van der Waals surface area contributed by atoms with Gasteiger partial charge < -0.3 is 15.4 Å². The summed E-state index contributed by atoms with van der Waals surface area (Å²) < 4.78 is 5.09. The number of anilines is 1. The Morgan fingerprint density at radius 3 is 2.28 bits per heavy atom. The zero-order chi connectivity index (χ0) is 18.4. The monoisotopic (exact) mass is 340 g/mol. The van der Waals surface area contributed by atoms with Gasteiger partial charge in [0.05, 0.1) is 7.11 Å². The van der Waals surface area contributed by atoms with Gasteiger partial charge in [0.1, 0.15) is 11.8 Å². The molecule has 0 fully saturated rings. The fraction of sp³-hybridized carbons (Fsp3) is 0.300. The standard InChI is InChI=1S/C20H24N2O3/c1-13(2)18(20(24)21-16-7-5-6-14(3)12-16)22-19(23)15-8-10-17(25-4)11-9-15/h5-13,18H,1-4H3,(H,21,24)(H,22,23)/t18-/m0/s1. The van der Waals surface area contributed by atoms with Crippen LogP contribution in [0.5, 0.6) is 5.75 Å². The molecule has 132 valence electrons. The van der Waals surface area contributed by atoms with Gasteiger partial charge in [-0.3, -0.25) is 9.59 Å².